The summed E-state index contributed by atoms with van der Waals surface area (Å²) in [5.41, 5.74) is 1.32. The van der Waals surface area contributed by atoms with Crippen molar-refractivity contribution >= 4 is 16.8 Å². The Morgan fingerprint density at radius 3 is 3.17 bits per heavy atom. The lowest BCUT2D eigenvalue weighted by atomic mass is 10.1. The maximum Gasteiger partial charge on any atom is 0.253 e. The minimum atomic E-state index is -0.353. The van der Waals surface area contributed by atoms with Gasteiger partial charge < -0.3 is 10.4 Å². The zero-order valence-corrected chi connectivity index (χ0v) is 10.3. The molecule has 1 amide bonds. The summed E-state index contributed by atoms with van der Waals surface area (Å²) in [6, 6.07) is 5.48. The summed E-state index contributed by atoms with van der Waals surface area (Å²) in [5, 5.41) is 19.9. The van der Waals surface area contributed by atoms with Crippen LogP contribution in [-0.2, 0) is 0 Å². The third-order valence-electron chi connectivity index (χ3n) is 2.96. The van der Waals surface area contributed by atoms with Crippen LogP contribution in [-0.4, -0.2) is 33.9 Å². The van der Waals surface area contributed by atoms with Crippen LogP contribution in [0.3, 0.4) is 0 Å². The van der Waals surface area contributed by atoms with Gasteiger partial charge in [-0.05, 0) is 18.9 Å². The molecular weight excluding hydrogens is 230 g/mol. The van der Waals surface area contributed by atoms with Crippen LogP contribution in [0.2, 0.25) is 0 Å². The molecule has 0 radical (unpaired) electrons. The number of benzene rings is 1. The van der Waals surface area contributed by atoms with Gasteiger partial charge in [-0.25, -0.2) is 0 Å². The Labute approximate surface area is 105 Å². The first-order valence-electron chi connectivity index (χ1n) is 6.10. The van der Waals surface area contributed by atoms with Crippen molar-refractivity contribution < 1.29 is 9.90 Å². The van der Waals surface area contributed by atoms with Crippen molar-refractivity contribution in [1.29, 1.82) is 0 Å². The quantitative estimate of drug-likeness (QED) is 0.748. The molecule has 1 aromatic heterocycles. The highest BCUT2D eigenvalue weighted by atomic mass is 16.3. The van der Waals surface area contributed by atoms with E-state index >= 15 is 0 Å². The molecule has 0 saturated heterocycles. The van der Waals surface area contributed by atoms with Gasteiger partial charge in [0.05, 0.1) is 23.4 Å². The zero-order chi connectivity index (χ0) is 13.0. The monoisotopic (exact) mass is 247 g/mol. The van der Waals surface area contributed by atoms with Crippen molar-refractivity contribution in [3.8, 4) is 0 Å². The van der Waals surface area contributed by atoms with Gasteiger partial charge in [0, 0.05) is 11.9 Å². The van der Waals surface area contributed by atoms with Crippen molar-refractivity contribution in [3.63, 3.8) is 0 Å². The Balaban J connectivity index is 2.03. The topological polar surface area (TPSA) is 78.0 Å². The van der Waals surface area contributed by atoms with E-state index in [0.717, 1.165) is 10.9 Å². The van der Waals surface area contributed by atoms with Gasteiger partial charge in [0.2, 0.25) is 0 Å². The number of carbonyl (C=O) groups is 1. The molecule has 3 N–H and O–H groups in total. The number of aromatic nitrogens is 2. The molecule has 2 rings (SSSR count). The lowest BCUT2D eigenvalue weighted by Crippen LogP contribution is -2.27. The van der Waals surface area contributed by atoms with E-state index in [-0.39, 0.29) is 12.0 Å². The highest BCUT2D eigenvalue weighted by Crippen LogP contribution is 2.15. The standard InChI is InChI=1S/C13H17N3O2/c1-2-10(17)6-7-14-13(18)11-5-3-4-9-8-15-16-12(9)11/h3-5,8,10,17H,2,6-7H2,1H3,(H,14,18)(H,15,16). The van der Waals surface area contributed by atoms with Crippen molar-refractivity contribution in [2.75, 3.05) is 6.54 Å². The number of aliphatic hydroxyl groups excluding tert-OH is 1. The zero-order valence-electron chi connectivity index (χ0n) is 10.3. The Kier molecular flexibility index (Phi) is 3.94. The molecule has 1 atom stereocenters. The van der Waals surface area contributed by atoms with E-state index in [2.05, 4.69) is 15.5 Å². The second-order valence-electron chi connectivity index (χ2n) is 4.25. The maximum absolute atomic E-state index is 12.0. The Bertz CT molecular complexity index is 536. The van der Waals surface area contributed by atoms with Crippen LogP contribution >= 0.6 is 0 Å². The van der Waals surface area contributed by atoms with Crippen LogP contribution in [0.4, 0.5) is 0 Å². The fourth-order valence-electron chi connectivity index (χ4n) is 1.81. The minimum absolute atomic E-state index is 0.145. The summed E-state index contributed by atoms with van der Waals surface area (Å²) >= 11 is 0. The predicted octanol–water partition coefficient (Wildman–Crippen LogP) is 1.45. The van der Waals surface area contributed by atoms with Gasteiger partial charge in [-0.2, -0.15) is 5.10 Å². The van der Waals surface area contributed by atoms with Crippen LogP contribution in [0.15, 0.2) is 24.4 Å². The number of rotatable bonds is 5. The van der Waals surface area contributed by atoms with Crippen LogP contribution in [0.5, 0.6) is 0 Å². The molecule has 5 heteroatoms. The molecule has 0 aliphatic rings. The van der Waals surface area contributed by atoms with Gasteiger partial charge >= 0.3 is 0 Å². The van der Waals surface area contributed by atoms with E-state index in [4.69, 9.17) is 0 Å². The first kappa shape index (κ1) is 12.6. The molecule has 0 aliphatic carbocycles. The van der Waals surface area contributed by atoms with Crippen molar-refractivity contribution in [1.82, 2.24) is 15.5 Å². The molecule has 18 heavy (non-hydrogen) atoms. The fourth-order valence-corrected chi connectivity index (χ4v) is 1.81. The number of aliphatic hydroxyl groups is 1. The first-order chi connectivity index (χ1) is 8.72. The third kappa shape index (κ3) is 2.68. The van der Waals surface area contributed by atoms with Crippen molar-refractivity contribution in [2.45, 2.75) is 25.9 Å². The minimum Gasteiger partial charge on any atom is -0.393 e. The van der Waals surface area contributed by atoms with Crippen molar-refractivity contribution in [3.05, 3.63) is 30.0 Å². The van der Waals surface area contributed by atoms with Crippen LogP contribution < -0.4 is 5.32 Å². The summed E-state index contributed by atoms with van der Waals surface area (Å²) in [4.78, 5) is 12.0. The average molecular weight is 247 g/mol. The lowest BCUT2D eigenvalue weighted by molar-refractivity contribution is 0.0943. The second-order valence-corrected chi connectivity index (χ2v) is 4.25. The maximum atomic E-state index is 12.0. The normalized spacial score (nSPS) is 12.6. The molecule has 5 nitrogen and oxygen atoms in total. The Hall–Kier alpha value is -1.88. The molecule has 96 valence electrons. The number of fused-ring (bicyclic) bond motifs is 1. The Morgan fingerprint density at radius 1 is 1.56 bits per heavy atom. The lowest BCUT2D eigenvalue weighted by Gasteiger charge is -2.09. The van der Waals surface area contributed by atoms with Gasteiger partial charge in [0.1, 0.15) is 0 Å². The van der Waals surface area contributed by atoms with E-state index in [1.807, 2.05) is 19.1 Å². The summed E-state index contributed by atoms with van der Waals surface area (Å²) < 4.78 is 0. The van der Waals surface area contributed by atoms with E-state index in [9.17, 15) is 9.90 Å². The fraction of sp³-hybridized carbons (Fsp3) is 0.385. The number of para-hydroxylation sites is 1. The first-order valence-corrected chi connectivity index (χ1v) is 6.10. The molecule has 1 heterocycles. The molecule has 0 fully saturated rings. The number of carbonyl (C=O) groups excluding carboxylic acids is 1. The molecular formula is C13H17N3O2. The summed E-state index contributed by atoms with van der Waals surface area (Å²) in [6.45, 7) is 2.39. The van der Waals surface area contributed by atoms with Gasteiger partial charge in [0.15, 0.2) is 0 Å². The molecule has 1 aromatic carbocycles. The molecule has 1 unspecified atom stereocenters. The SMILES string of the molecule is CCC(O)CCNC(=O)c1cccc2cn[nH]c12. The van der Waals surface area contributed by atoms with E-state index < -0.39 is 0 Å². The Morgan fingerprint density at radius 2 is 2.39 bits per heavy atom. The second kappa shape index (κ2) is 5.64. The number of amides is 1. The number of hydrogen-bond acceptors (Lipinski definition) is 3. The number of hydrogen-bond donors (Lipinski definition) is 3. The molecule has 0 aliphatic heterocycles. The smallest absolute Gasteiger partial charge is 0.253 e. The molecule has 0 saturated carbocycles. The highest BCUT2D eigenvalue weighted by molar-refractivity contribution is 6.05. The highest BCUT2D eigenvalue weighted by Gasteiger charge is 2.11. The number of aromatic amines is 1. The van der Waals surface area contributed by atoms with Gasteiger partial charge in [-0.1, -0.05) is 19.1 Å². The van der Waals surface area contributed by atoms with E-state index in [1.165, 1.54) is 0 Å². The van der Waals surface area contributed by atoms with E-state index in [0.29, 0.717) is 24.9 Å². The molecule has 0 spiro atoms. The number of nitrogens with zero attached hydrogens (tertiary/aromatic N) is 1. The summed E-state index contributed by atoms with van der Waals surface area (Å²) in [7, 11) is 0. The number of nitrogens with one attached hydrogen (secondary N) is 2. The average Bonchev–Trinajstić information content (AvgIpc) is 2.86. The largest absolute Gasteiger partial charge is 0.393 e. The molecule has 2 aromatic rings. The van der Waals surface area contributed by atoms with Crippen molar-refractivity contribution in [2.24, 2.45) is 0 Å². The van der Waals surface area contributed by atoms with Crippen LogP contribution in [0.1, 0.15) is 30.1 Å². The third-order valence-corrected chi connectivity index (χ3v) is 2.96. The predicted molar refractivity (Wildman–Crippen MR) is 69.3 cm³/mol. The van der Waals surface area contributed by atoms with E-state index in [1.54, 1.807) is 12.3 Å². The summed E-state index contributed by atoms with van der Waals surface area (Å²) in [6.07, 6.45) is 2.61. The molecule has 0 bridgehead atoms. The van der Waals surface area contributed by atoms with Gasteiger partial charge in [-0.15, -0.1) is 0 Å². The van der Waals surface area contributed by atoms with Crippen LogP contribution in [0.25, 0.3) is 10.9 Å². The van der Waals surface area contributed by atoms with Gasteiger partial charge in [-0.3, -0.25) is 9.89 Å². The van der Waals surface area contributed by atoms with Gasteiger partial charge in [0.25, 0.3) is 5.91 Å². The van der Waals surface area contributed by atoms with Crippen LogP contribution in [0, 0.1) is 0 Å². The number of H-pyrrole nitrogens is 1. The summed E-state index contributed by atoms with van der Waals surface area (Å²) in [5.74, 6) is -0.145.